The Balaban J connectivity index is 1.23. The summed E-state index contributed by atoms with van der Waals surface area (Å²) in [4.78, 5) is 19.1. The van der Waals surface area contributed by atoms with Gasteiger partial charge >= 0.3 is 0 Å². The normalized spacial score (nSPS) is 25.5. The van der Waals surface area contributed by atoms with Crippen molar-refractivity contribution >= 4 is 11.7 Å². The summed E-state index contributed by atoms with van der Waals surface area (Å²) in [7, 11) is 0. The number of anilines is 1. The van der Waals surface area contributed by atoms with Gasteiger partial charge in [-0.3, -0.25) is 4.79 Å². The molecule has 0 unspecified atom stereocenters. The summed E-state index contributed by atoms with van der Waals surface area (Å²) >= 11 is 0. The molecule has 140 valence electrons. The fourth-order valence-corrected chi connectivity index (χ4v) is 4.09. The number of hydrogen-bond donors (Lipinski definition) is 1. The van der Waals surface area contributed by atoms with Gasteiger partial charge in [0.15, 0.2) is 11.5 Å². The summed E-state index contributed by atoms with van der Waals surface area (Å²) in [5, 5.41) is 3.38. The van der Waals surface area contributed by atoms with Gasteiger partial charge in [-0.25, -0.2) is 4.98 Å². The Morgan fingerprint density at radius 3 is 3.00 bits per heavy atom. The van der Waals surface area contributed by atoms with E-state index in [0.717, 1.165) is 19.0 Å². The summed E-state index contributed by atoms with van der Waals surface area (Å²) in [6.45, 7) is 3.08. The number of likely N-dealkylation sites (tertiary alicyclic amines) is 1. The fraction of sp³-hybridized carbons (Fsp3) is 0.400. The lowest BCUT2D eigenvalue weighted by atomic mass is 9.93. The van der Waals surface area contributed by atoms with Gasteiger partial charge in [-0.05, 0) is 30.3 Å². The zero-order chi connectivity index (χ0) is 18.2. The van der Waals surface area contributed by atoms with Crippen LogP contribution in [-0.4, -0.2) is 54.9 Å². The van der Waals surface area contributed by atoms with E-state index < -0.39 is 0 Å². The Labute approximate surface area is 157 Å². The lowest BCUT2D eigenvalue weighted by Gasteiger charge is -2.20. The topological polar surface area (TPSA) is 72.9 Å². The second-order valence-electron chi connectivity index (χ2n) is 7.17. The van der Waals surface area contributed by atoms with Crippen LogP contribution in [0.5, 0.6) is 11.5 Å². The molecule has 5 rings (SSSR count). The van der Waals surface area contributed by atoms with Gasteiger partial charge in [0, 0.05) is 43.2 Å². The first kappa shape index (κ1) is 16.4. The van der Waals surface area contributed by atoms with Crippen molar-refractivity contribution in [2.24, 2.45) is 11.8 Å². The Morgan fingerprint density at radius 1 is 1.19 bits per heavy atom. The van der Waals surface area contributed by atoms with Gasteiger partial charge in [-0.1, -0.05) is 6.07 Å². The van der Waals surface area contributed by atoms with Crippen LogP contribution in [0, 0.1) is 11.8 Å². The third-order valence-corrected chi connectivity index (χ3v) is 5.56. The third-order valence-electron chi connectivity index (χ3n) is 5.56. The third kappa shape index (κ3) is 3.08. The van der Waals surface area contributed by atoms with Gasteiger partial charge in [-0.2, -0.15) is 0 Å². The Hall–Kier alpha value is -2.80. The minimum absolute atomic E-state index is 0.0164. The standard InChI is InChI=1S/C20H21N3O4/c24-20(13-4-5-16-17(7-13)27-12-26-16)23-9-15-14(11-25-18(15)10-23)8-22-19-3-1-2-6-21-19/h1-7,14-15,18H,8-12H2,(H,21,22)/t14-,15+,18+/m0/s1. The second kappa shape index (κ2) is 6.74. The minimum Gasteiger partial charge on any atom is -0.454 e. The van der Waals surface area contributed by atoms with Gasteiger partial charge in [0.1, 0.15) is 5.82 Å². The van der Waals surface area contributed by atoms with Gasteiger partial charge in [0.25, 0.3) is 5.91 Å². The summed E-state index contributed by atoms with van der Waals surface area (Å²) < 4.78 is 16.7. The number of benzene rings is 1. The van der Waals surface area contributed by atoms with E-state index >= 15 is 0 Å². The van der Waals surface area contributed by atoms with Crippen molar-refractivity contribution < 1.29 is 19.0 Å². The Bertz CT molecular complexity index is 844. The van der Waals surface area contributed by atoms with E-state index in [1.165, 1.54) is 0 Å². The van der Waals surface area contributed by atoms with Crippen LogP contribution in [-0.2, 0) is 4.74 Å². The van der Waals surface area contributed by atoms with Crippen molar-refractivity contribution in [1.29, 1.82) is 0 Å². The number of ether oxygens (including phenoxy) is 3. The van der Waals surface area contributed by atoms with Crippen molar-refractivity contribution in [3.05, 3.63) is 48.2 Å². The van der Waals surface area contributed by atoms with Crippen molar-refractivity contribution in [2.75, 3.05) is 38.4 Å². The molecule has 3 aliphatic rings. The van der Waals surface area contributed by atoms with Crippen LogP contribution in [0.4, 0.5) is 5.82 Å². The predicted molar refractivity (Wildman–Crippen MR) is 97.9 cm³/mol. The molecule has 27 heavy (non-hydrogen) atoms. The van der Waals surface area contributed by atoms with Crippen LogP contribution < -0.4 is 14.8 Å². The molecule has 3 aliphatic heterocycles. The van der Waals surface area contributed by atoms with Crippen LogP contribution in [0.2, 0.25) is 0 Å². The van der Waals surface area contributed by atoms with Gasteiger partial charge in [-0.15, -0.1) is 0 Å². The zero-order valence-electron chi connectivity index (χ0n) is 14.8. The highest BCUT2D eigenvalue weighted by Crippen LogP contribution is 2.36. The molecule has 0 saturated carbocycles. The smallest absolute Gasteiger partial charge is 0.254 e. The maximum Gasteiger partial charge on any atom is 0.254 e. The first-order chi connectivity index (χ1) is 13.3. The summed E-state index contributed by atoms with van der Waals surface area (Å²) in [6.07, 6.45) is 1.89. The van der Waals surface area contributed by atoms with Gasteiger partial charge in [0.05, 0.1) is 12.7 Å². The summed E-state index contributed by atoms with van der Waals surface area (Å²) in [5.74, 6) is 2.92. The molecular formula is C20H21N3O4. The number of nitrogens with zero attached hydrogens (tertiary/aromatic N) is 2. The molecule has 1 aromatic carbocycles. The number of nitrogens with one attached hydrogen (secondary N) is 1. The molecule has 0 bridgehead atoms. The fourth-order valence-electron chi connectivity index (χ4n) is 4.09. The van der Waals surface area contributed by atoms with E-state index in [-0.39, 0.29) is 18.8 Å². The highest BCUT2D eigenvalue weighted by molar-refractivity contribution is 5.95. The van der Waals surface area contributed by atoms with E-state index in [4.69, 9.17) is 14.2 Å². The lowest BCUT2D eigenvalue weighted by molar-refractivity contribution is 0.0680. The Morgan fingerprint density at radius 2 is 2.11 bits per heavy atom. The molecule has 1 N–H and O–H groups in total. The average molecular weight is 367 g/mol. The van der Waals surface area contributed by atoms with Crippen molar-refractivity contribution in [1.82, 2.24) is 9.88 Å². The molecule has 7 nitrogen and oxygen atoms in total. The van der Waals surface area contributed by atoms with E-state index in [2.05, 4.69) is 10.3 Å². The maximum absolute atomic E-state index is 12.9. The number of fused-ring (bicyclic) bond motifs is 2. The number of amides is 1. The van der Waals surface area contributed by atoms with E-state index in [1.54, 1.807) is 24.4 Å². The van der Waals surface area contributed by atoms with Crippen LogP contribution >= 0.6 is 0 Å². The van der Waals surface area contributed by atoms with Crippen LogP contribution in [0.3, 0.4) is 0 Å². The van der Waals surface area contributed by atoms with Crippen molar-refractivity contribution in [3.8, 4) is 11.5 Å². The monoisotopic (exact) mass is 367 g/mol. The quantitative estimate of drug-likeness (QED) is 0.891. The molecule has 3 atom stereocenters. The lowest BCUT2D eigenvalue weighted by Crippen LogP contribution is -2.32. The molecule has 2 fully saturated rings. The highest BCUT2D eigenvalue weighted by atomic mass is 16.7. The Kier molecular flexibility index (Phi) is 4.09. The molecule has 2 saturated heterocycles. The molecule has 7 heteroatoms. The molecular weight excluding hydrogens is 346 g/mol. The molecule has 1 amide bonds. The minimum atomic E-state index is 0.0164. The largest absolute Gasteiger partial charge is 0.454 e. The molecule has 4 heterocycles. The molecule has 1 aromatic heterocycles. The van der Waals surface area contributed by atoms with Crippen molar-refractivity contribution in [3.63, 3.8) is 0 Å². The molecule has 2 aromatic rings. The summed E-state index contributed by atoms with van der Waals surface area (Å²) in [6, 6.07) is 11.2. The first-order valence-corrected chi connectivity index (χ1v) is 9.23. The van der Waals surface area contributed by atoms with Crippen LogP contribution in [0.15, 0.2) is 42.6 Å². The van der Waals surface area contributed by atoms with Crippen LogP contribution in [0.1, 0.15) is 10.4 Å². The van der Waals surface area contributed by atoms with E-state index in [1.807, 2.05) is 23.1 Å². The molecule has 0 radical (unpaired) electrons. The highest BCUT2D eigenvalue weighted by Gasteiger charge is 2.45. The van der Waals surface area contributed by atoms with Crippen LogP contribution in [0.25, 0.3) is 0 Å². The molecule has 0 aliphatic carbocycles. The van der Waals surface area contributed by atoms with E-state index in [0.29, 0.717) is 42.0 Å². The second-order valence-corrected chi connectivity index (χ2v) is 7.17. The maximum atomic E-state index is 12.9. The van der Waals surface area contributed by atoms with E-state index in [9.17, 15) is 4.79 Å². The number of hydrogen-bond acceptors (Lipinski definition) is 6. The number of carbonyl (C=O) groups is 1. The number of aromatic nitrogens is 1. The SMILES string of the molecule is O=C(c1ccc2c(c1)OCO2)N1C[C@@H]2[C@@H](CNc3ccccn3)CO[C@@H]2C1. The number of rotatable bonds is 4. The predicted octanol–water partition coefficient (Wildman–Crippen LogP) is 2.01. The number of carbonyl (C=O) groups excluding carboxylic acids is 1. The molecule has 0 spiro atoms. The van der Waals surface area contributed by atoms with Gasteiger partial charge < -0.3 is 24.4 Å². The first-order valence-electron chi connectivity index (χ1n) is 9.23. The summed E-state index contributed by atoms with van der Waals surface area (Å²) in [5.41, 5.74) is 0.627. The van der Waals surface area contributed by atoms with Gasteiger partial charge in [0.2, 0.25) is 6.79 Å². The number of pyridine rings is 1. The van der Waals surface area contributed by atoms with Crippen molar-refractivity contribution in [2.45, 2.75) is 6.10 Å². The zero-order valence-corrected chi connectivity index (χ0v) is 14.8. The average Bonchev–Trinajstić information content (AvgIpc) is 3.42.